The lowest BCUT2D eigenvalue weighted by atomic mass is 10.1. The van der Waals surface area contributed by atoms with E-state index in [2.05, 4.69) is 16.2 Å². The highest BCUT2D eigenvalue weighted by atomic mass is 32.1. The summed E-state index contributed by atoms with van der Waals surface area (Å²) in [6.07, 6.45) is 0.139. The highest BCUT2D eigenvalue weighted by molar-refractivity contribution is 7.80. The monoisotopic (exact) mass is 403 g/mol. The molecular weight excluding hydrogens is 382 g/mol. The first-order chi connectivity index (χ1) is 13.5. The van der Waals surface area contributed by atoms with Crippen LogP contribution in [0.15, 0.2) is 48.5 Å². The van der Waals surface area contributed by atoms with Crippen LogP contribution in [0.4, 0.5) is 0 Å². The Bertz CT molecular complexity index is 809. The molecule has 0 atom stereocenters. The number of ether oxygens (including phenoxy) is 3. The Kier molecular flexibility index (Phi) is 8.04. The number of hydrogen-bond acceptors (Lipinski definition) is 6. The van der Waals surface area contributed by atoms with E-state index in [1.54, 1.807) is 62.8 Å². The lowest BCUT2D eigenvalue weighted by Crippen LogP contribution is -2.49. The number of thiocarbonyl (C=S) groups is 1. The van der Waals surface area contributed by atoms with Gasteiger partial charge in [-0.25, -0.2) is 0 Å². The van der Waals surface area contributed by atoms with Crippen molar-refractivity contribution in [3.05, 3.63) is 54.1 Å². The molecule has 0 spiro atoms. The van der Waals surface area contributed by atoms with Crippen molar-refractivity contribution in [1.29, 1.82) is 0 Å². The highest BCUT2D eigenvalue weighted by Gasteiger charge is 2.08. The van der Waals surface area contributed by atoms with Gasteiger partial charge in [-0.05, 0) is 54.2 Å². The van der Waals surface area contributed by atoms with Gasteiger partial charge in [0.25, 0.3) is 5.91 Å². The van der Waals surface area contributed by atoms with E-state index in [1.807, 2.05) is 0 Å². The molecule has 0 aliphatic carbocycles. The lowest BCUT2D eigenvalue weighted by molar-refractivity contribution is -0.124. The predicted molar refractivity (Wildman–Crippen MR) is 107 cm³/mol. The van der Waals surface area contributed by atoms with Crippen molar-refractivity contribution in [2.24, 2.45) is 0 Å². The van der Waals surface area contributed by atoms with Crippen molar-refractivity contribution in [2.75, 3.05) is 20.8 Å². The summed E-state index contributed by atoms with van der Waals surface area (Å²) >= 11 is 4.98. The van der Waals surface area contributed by atoms with Crippen LogP contribution in [-0.2, 0) is 16.0 Å². The Morgan fingerprint density at radius 1 is 0.821 bits per heavy atom. The zero-order valence-electron chi connectivity index (χ0n) is 15.5. The van der Waals surface area contributed by atoms with E-state index in [1.165, 1.54) is 0 Å². The molecule has 8 nitrogen and oxygen atoms in total. The Balaban J connectivity index is 1.67. The second-order valence-corrected chi connectivity index (χ2v) is 5.95. The summed E-state index contributed by atoms with van der Waals surface area (Å²) in [5.74, 6) is 1.15. The maximum atomic E-state index is 12.0. The van der Waals surface area contributed by atoms with Gasteiger partial charge in [0.2, 0.25) is 5.91 Å². The summed E-state index contributed by atoms with van der Waals surface area (Å²) < 4.78 is 15.4. The first-order valence-corrected chi connectivity index (χ1v) is 8.69. The number of amides is 2. The molecule has 0 heterocycles. The van der Waals surface area contributed by atoms with Crippen LogP contribution < -0.4 is 30.4 Å². The molecule has 0 aliphatic rings. The summed E-state index contributed by atoms with van der Waals surface area (Å²) in [6, 6.07) is 13.9. The molecule has 3 N–H and O–H groups in total. The maximum Gasteiger partial charge on any atom is 0.276 e. The van der Waals surface area contributed by atoms with E-state index in [-0.39, 0.29) is 24.0 Å². The molecule has 9 heteroatoms. The summed E-state index contributed by atoms with van der Waals surface area (Å²) in [5, 5.41) is 2.46. The van der Waals surface area contributed by atoms with Crippen LogP contribution >= 0.6 is 12.2 Å². The molecule has 0 saturated carbocycles. The number of methoxy groups -OCH3 is 2. The highest BCUT2D eigenvalue weighted by Crippen LogP contribution is 2.16. The molecule has 2 aromatic rings. The van der Waals surface area contributed by atoms with Crippen LogP contribution in [0.5, 0.6) is 17.2 Å². The van der Waals surface area contributed by atoms with Gasteiger partial charge in [-0.2, -0.15) is 0 Å². The number of hydrogen-bond donors (Lipinski definition) is 3. The van der Waals surface area contributed by atoms with E-state index < -0.39 is 5.91 Å². The average Bonchev–Trinajstić information content (AvgIpc) is 2.71. The van der Waals surface area contributed by atoms with Gasteiger partial charge in [0.15, 0.2) is 11.7 Å². The van der Waals surface area contributed by atoms with Crippen LogP contribution in [-0.4, -0.2) is 37.8 Å². The topological polar surface area (TPSA) is 97.9 Å². The van der Waals surface area contributed by atoms with Crippen molar-refractivity contribution in [3.8, 4) is 17.2 Å². The molecule has 0 radical (unpaired) electrons. The molecule has 2 amide bonds. The maximum absolute atomic E-state index is 12.0. The Labute approximate surface area is 168 Å². The molecule has 0 unspecified atom stereocenters. The molecule has 0 aliphatic heterocycles. The van der Waals surface area contributed by atoms with E-state index in [9.17, 15) is 9.59 Å². The Hall–Kier alpha value is -3.33. The first kappa shape index (κ1) is 21.0. The third-order valence-corrected chi connectivity index (χ3v) is 3.73. The van der Waals surface area contributed by atoms with Crippen molar-refractivity contribution >= 4 is 29.1 Å². The second-order valence-electron chi connectivity index (χ2n) is 5.54. The van der Waals surface area contributed by atoms with Gasteiger partial charge in [0, 0.05) is 0 Å². The fourth-order valence-electron chi connectivity index (χ4n) is 2.11. The summed E-state index contributed by atoms with van der Waals surface area (Å²) in [4.78, 5) is 23.7. The van der Waals surface area contributed by atoms with Gasteiger partial charge >= 0.3 is 0 Å². The summed E-state index contributed by atoms with van der Waals surface area (Å²) in [7, 11) is 3.13. The minimum absolute atomic E-state index is 0.0173. The fourth-order valence-corrected chi connectivity index (χ4v) is 2.28. The van der Waals surface area contributed by atoms with Crippen LogP contribution in [0.1, 0.15) is 5.56 Å². The van der Waals surface area contributed by atoms with E-state index in [0.29, 0.717) is 17.2 Å². The minimum Gasteiger partial charge on any atom is -0.497 e. The van der Waals surface area contributed by atoms with E-state index >= 15 is 0 Å². The number of nitrogens with one attached hydrogen (secondary N) is 3. The molecule has 28 heavy (non-hydrogen) atoms. The summed E-state index contributed by atoms with van der Waals surface area (Å²) in [6.45, 7) is -0.220. The number of rotatable bonds is 7. The van der Waals surface area contributed by atoms with Crippen molar-refractivity contribution < 1.29 is 23.8 Å². The smallest absolute Gasteiger partial charge is 0.276 e. The van der Waals surface area contributed by atoms with Gasteiger partial charge in [-0.3, -0.25) is 20.4 Å². The van der Waals surface area contributed by atoms with Gasteiger partial charge in [-0.15, -0.1) is 0 Å². The molecule has 148 valence electrons. The summed E-state index contributed by atoms with van der Waals surface area (Å²) in [5.41, 5.74) is 5.60. The molecular formula is C19H21N3O5S. The number of carbonyl (C=O) groups is 2. The molecule has 2 rings (SSSR count). The van der Waals surface area contributed by atoms with Crippen LogP contribution in [0, 0.1) is 0 Å². The Morgan fingerprint density at radius 2 is 1.36 bits per heavy atom. The average molecular weight is 403 g/mol. The Morgan fingerprint density at radius 3 is 1.93 bits per heavy atom. The van der Waals surface area contributed by atoms with Crippen LogP contribution in [0.2, 0.25) is 0 Å². The lowest BCUT2D eigenvalue weighted by Gasteiger charge is -2.11. The minimum atomic E-state index is -0.456. The second kappa shape index (κ2) is 10.7. The zero-order chi connectivity index (χ0) is 20.4. The van der Waals surface area contributed by atoms with Gasteiger partial charge < -0.3 is 19.5 Å². The molecule has 2 aromatic carbocycles. The standard InChI is InChI=1S/C19H21N3O5S/c1-25-14-5-3-13(4-6-14)11-17(23)20-19(28)22-21-18(24)12-27-16-9-7-15(26-2)8-10-16/h3-10H,11-12H2,1-2H3,(H,21,24)(H2,20,22,23,28). The number of carbonyl (C=O) groups excluding carboxylic acids is 2. The molecule has 0 saturated heterocycles. The first-order valence-electron chi connectivity index (χ1n) is 8.28. The van der Waals surface area contributed by atoms with Crippen molar-refractivity contribution in [2.45, 2.75) is 6.42 Å². The molecule has 0 fully saturated rings. The van der Waals surface area contributed by atoms with E-state index in [0.717, 1.165) is 5.56 Å². The zero-order valence-corrected chi connectivity index (χ0v) is 16.3. The van der Waals surface area contributed by atoms with Crippen molar-refractivity contribution in [3.63, 3.8) is 0 Å². The quantitative estimate of drug-likeness (QED) is 0.474. The normalized spacial score (nSPS) is 9.79. The molecule has 0 bridgehead atoms. The number of hydrazine groups is 1. The number of benzene rings is 2. The third-order valence-electron chi connectivity index (χ3n) is 3.52. The SMILES string of the molecule is COc1ccc(CC(=O)NC(=S)NNC(=O)COc2ccc(OC)cc2)cc1. The largest absolute Gasteiger partial charge is 0.497 e. The van der Waals surface area contributed by atoms with Gasteiger partial charge in [0.05, 0.1) is 20.6 Å². The molecule has 0 aromatic heterocycles. The predicted octanol–water partition coefficient (Wildman–Crippen LogP) is 1.35. The van der Waals surface area contributed by atoms with E-state index in [4.69, 9.17) is 26.4 Å². The third kappa shape index (κ3) is 7.12. The van der Waals surface area contributed by atoms with Gasteiger partial charge in [0.1, 0.15) is 17.2 Å². The fraction of sp³-hybridized carbons (Fsp3) is 0.211. The van der Waals surface area contributed by atoms with Crippen LogP contribution in [0.25, 0.3) is 0 Å². The van der Waals surface area contributed by atoms with Gasteiger partial charge in [-0.1, -0.05) is 12.1 Å². The van der Waals surface area contributed by atoms with Crippen LogP contribution in [0.3, 0.4) is 0 Å². The van der Waals surface area contributed by atoms with Crippen molar-refractivity contribution in [1.82, 2.24) is 16.2 Å².